The first-order chi connectivity index (χ1) is 12.1. The number of rotatable bonds is 5. The molecule has 0 aliphatic heterocycles. The van der Waals surface area contributed by atoms with E-state index in [0.29, 0.717) is 28.6 Å². The molecular formula is C20H15BrClNO2. The van der Waals surface area contributed by atoms with Crippen molar-refractivity contribution in [3.63, 3.8) is 0 Å². The Labute approximate surface area is 159 Å². The maximum absolute atomic E-state index is 12.6. The van der Waals surface area contributed by atoms with Crippen molar-refractivity contribution >= 4 is 39.1 Å². The van der Waals surface area contributed by atoms with Crippen LogP contribution < -0.4 is 10.1 Å². The summed E-state index contributed by atoms with van der Waals surface area (Å²) in [4.78, 5) is 12.6. The minimum atomic E-state index is -0.248. The molecule has 0 unspecified atom stereocenters. The average molecular weight is 417 g/mol. The summed E-state index contributed by atoms with van der Waals surface area (Å²) in [5.74, 6) is 0.286. The smallest absolute Gasteiger partial charge is 0.259 e. The molecule has 1 amide bonds. The van der Waals surface area contributed by atoms with Gasteiger partial charge in [0.1, 0.15) is 12.4 Å². The monoisotopic (exact) mass is 415 g/mol. The maximum atomic E-state index is 12.6. The lowest BCUT2D eigenvalue weighted by atomic mass is 10.1. The van der Waals surface area contributed by atoms with Gasteiger partial charge in [0.15, 0.2) is 0 Å². The first-order valence-electron chi connectivity index (χ1n) is 7.65. The second-order valence-electron chi connectivity index (χ2n) is 5.35. The molecule has 0 heterocycles. The summed E-state index contributed by atoms with van der Waals surface area (Å²) >= 11 is 9.40. The fourth-order valence-electron chi connectivity index (χ4n) is 2.29. The Hall–Kier alpha value is -2.30. The molecule has 25 heavy (non-hydrogen) atoms. The molecule has 0 aliphatic carbocycles. The van der Waals surface area contributed by atoms with E-state index < -0.39 is 0 Å². The summed E-state index contributed by atoms with van der Waals surface area (Å²) in [6.45, 7) is 0.398. The molecule has 0 atom stereocenters. The second-order valence-corrected chi connectivity index (χ2v) is 6.61. The Morgan fingerprint density at radius 1 is 1.00 bits per heavy atom. The predicted octanol–water partition coefficient (Wildman–Crippen LogP) is 5.93. The molecule has 0 spiro atoms. The number of carbonyl (C=O) groups excluding carboxylic acids is 1. The van der Waals surface area contributed by atoms with Crippen molar-refractivity contribution in [2.24, 2.45) is 0 Å². The van der Waals surface area contributed by atoms with E-state index in [0.717, 1.165) is 10.0 Å². The van der Waals surface area contributed by atoms with Crippen molar-refractivity contribution in [2.75, 3.05) is 5.32 Å². The van der Waals surface area contributed by atoms with Crippen molar-refractivity contribution in [2.45, 2.75) is 6.61 Å². The maximum Gasteiger partial charge on any atom is 0.259 e. The Bertz CT molecular complexity index is 884. The van der Waals surface area contributed by atoms with Crippen molar-refractivity contribution in [1.29, 1.82) is 0 Å². The molecule has 0 aliphatic rings. The number of ether oxygens (including phenoxy) is 1. The third-order valence-electron chi connectivity index (χ3n) is 3.55. The zero-order valence-electron chi connectivity index (χ0n) is 13.2. The lowest BCUT2D eigenvalue weighted by Gasteiger charge is -2.12. The normalized spacial score (nSPS) is 10.3. The molecular weight excluding hydrogens is 402 g/mol. The molecule has 0 fully saturated rings. The third kappa shape index (κ3) is 4.62. The second kappa shape index (κ2) is 8.19. The summed E-state index contributed by atoms with van der Waals surface area (Å²) in [7, 11) is 0. The Morgan fingerprint density at radius 2 is 1.72 bits per heavy atom. The number of benzene rings is 3. The van der Waals surface area contributed by atoms with E-state index in [1.54, 1.807) is 36.4 Å². The van der Waals surface area contributed by atoms with Crippen LogP contribution in [0.4, 0.5) is 5.69 Å². The van der Waals surface area contributed by atoms with E-state index in [9.17, 15) is 4.79 Å². The van der Waals surface area contributed by atoms with E-state index in [1.165, 1.54) is 0 Å². The van der Waals surface area contributed by atoms with E-state index in [4.69, 9.17) is 16.3 Å². The number of nitrogens with one attached hydrogen (secondary N) is 1. The Balaban J connectivity index is 1.75. The average Bonchev–Trinajstić information content (AvgIpc) is 2.64. The molecule has 3 aromatic carbocycles. The van der Waals surface area contributed by atoms with Crippen LogP contribution in [-0.2, 0) is 6.61 Å². The van der Waals surface area contributed by atoms with Gasteiger partial charge in [-0.2, -0.15) is 0 Å². The van der Waals surface area contributed by atoms with Gasteiger partial charge >= 0.3 is 0 Å². The van der Waals surface area contributed by atoms with Crippen LogP contribution in [0.15, 0.2) is 77.3 Å². The molecule has 5 heteroatoms. The van der Waals surface area contributed by atoms with Crippen LogP contribution in [0.1, 0.15) is 15.9 Å². The van der Waals surface area contributed by atoms with Crippen LogP contribution in [0.2, 0.25) is 5.02 Å². The van der Waals surface area contributed by atoms with Crippen molar-refractivity contribution in [3.8, 4) is 5.75 Å². The summed E-state index contributed by atoms with van der Waals surface area (Å²) in [5.41, 5.74) is 2.13. The van der Waals surface area contributed by atoms with Gasteiger partial charge in [0.25, 0.3) is 5.91 Å². The van der Waals surface area contributed by atoms with Gasteiger partial charge in [0.05, 0.1) is 10.6 Å². The van der Waals surface area contributed by atoms with Crippen LogP contribution in [0.3, 0.4) is 0 Å². The molecule has 0 radical (unpaired) electrons. The topological polar surface area (TPSA) is 38.3 Å². The van der Waals surface area contributed by atoms with E-state index in [2.05, 4.69) is 21.2 Å². The van der Waals surface area contributed by atoms with Gasteiger partial charge in [0, 0.05) is 10.2 Å². The SMILES string of the molecule is O=C(Nc1ccc(Br)c(Cl)c1)c1ccccc1OCc1ccccc1. The van der Waals surface area contributed by atoms with Gasteiger partial charge in [-0.15, -0.1) is 0 Å². The third-order valence-corrected chi connectivity index (χ3v) is 4.78. The Morgan fingerprint density at radius 3 is 2.48 bits per heavy atom. The lowest BCUT2D eigenvalue weighted by molar-refractivity contribution is 0.102. The van der Waals surface area contributed by atoms with Crippen molar-refractivity contribution in [1.82, 2.24) is 0 Å². The number of para-hydroxylation sites is 1. The number of hydrogen-bond acceptors (Lipinski definition) is 2. The fraction of sp³-hybridized carbons (Fsp3) is 0.0500. The first-order valence-corrected chi connectivity index (χ1v) is 8.83. The van der Waals surface area contributed by atoms with E-state index in [-0.39, 0.29) is 5.91 Å². The highest BCUT2D eigenvalue weighted by molar-refractivity contribution is 9.10. The molecule has 0 bridgehead atoms. The summed E-state index contributed by atoms with van der Waals surface area (Å²) in [6, 6.07) is 22.2. The number of carbonyl (C=O) groups is 1. The number of hydrogen-bond donors (Lipinski definition) is 1. The van der Waals surface area contributed by atoms with Crippen LogP contribution >= 0.6 is 27.5 Å². The molecule has 1 N–H and O–H groups in total. The number of amides is 1. The molecule has 0 saturated heterocycles. The van der Waals surface area contributed by atoms with Crippen LogP contribution in [0.25, 0.3) is 0 Å². The molecule has 3 rings (SSSR count). The van der Waals surface area contributed by atoms with Crippen LogP contribution in [0.5, 0.6) is 5.75 Å². The standard InChI is InChI=1S/C20H15BrClNO2/c21-17-11-10-15(12-18(17)22)23-20(24)16-8-4-5-9-19(16)25-13-14-6-2-1-3-7-14/h1-12H,13H2,(H,23,24). The minimum Gasteiger partial charge on any atom is -0.488 e. The predicted molar refractivity (Wildman–Crippen MR) is 104 cm³/mol. The molecule has 3 aromatic rings. The van der Waals surface area contributed by atoms with E-state index in [1.807, 2.05) is 36.4 Å². The lowest BCUT2D eigenvalue weighted by Crippen LogP contribution is -2.13. The van der Waals surface area contributed by atoms with Gasteiger partial charge in [-0.25, -0.2) is 0 Å². The molecule has 0 aromatic heterocycles. The summed E-state index contributed by atoms with van der Waals surface area (Å²) in [5, 5.41) is 3.37. The Kier molecular flexibility index (Phi) is 5.74. The van der Waals surface area contributed by atoms with Gasteiger partial charge in [-0.1, -0.05) is 54.1 Å². The largest absolute Gasteiger partial charge is 0.488 e. The minimum absolute atomic E-state index is 0.248. The zero-order chi connectivity index (χ0) is 17.6. The van der Waals surface area contributed by atoms with Crippen molar-refractivity contribution in [3.05, 3.63) is 93.4 Å². The zero-order valence-corrected chi connectivity index (χ0v) is 15.5. The highest BCUT2D eigenvalue weighted by Gasteiger charge is 2.13. The highest BCUT2D eigenvalue weighted by atomic mass is 79.9. The van der Waals surface area contributed by atoms with Crippen molar-refractivity contribution < 1.29 is 9.53 Å². The number of halogens is 2. The highest BCUT2D eigenvalue weighted by Crippen LogP contribution is 2.27. The van der Waals surface area contributed by atoms with Crippen LogP contribution in [0, 0.1) is 0 Å². The summed E-state index contributed by atoms with van der Waals surface area (Å²) < 4.78 is 6.61. The van der Waals surface area contributed by atoms with Gasteiger partial charge in [-0.05, 0) is 51.8 Å². The molecule has 126 valence electrons. The van der Waals surface area contributed by atoms with Gasteiger partial charge < -0.3 is 10.1 Å². The molecule has 0 saturated carbocycles. The summed E-state index contributed by atoms with van der Waals surface area (Å²) in [6.07, 6.45) is 0. The first kappa shape index (κ1) is 17.5. The van der Waals surface area contributed by atoms with Gasteiger partial charge in [0.2, 0.25) is 0 Å². The van der Waals surface area contributed by atoms with E-state index >= 15 is 0 Å². The molecule has 3 nitrogen and oxygen atoms in total. The van der Waals surface area contributed by atoms with Gasteiger partial charge in [-0.3, -0.25) is 4.79 Å². The van der Waals surface area contributed by atoms with Crippen LogP contribution in [-0.4, -0.2) is 5.91 Å². The number of anilines is 1. The quantitative estimate of drug-likeness (QED) is 0.559. The fourth-order valence-corrected chi connectivity index (χ4v) is 2.71.